The van der Waals surface area contributed by atoms with Crippen molar-refractivity contribution in [3.8, 4) is 0 Å². The molecule has 2 N–H and O–H groups in total. The van der Waals surface area contributed by atoms with Crippen molar-refractivity contribution in [2.24, 2.45) is 5.92 Å². The highest BCUT2D eigenvalue weighted by molar-refractivity contribution is 5.31. The molecule has 0 atom stereocenters. The molecule has 0 aromatic carbocycles. The van der Waals surface area contributed by atoms with Crippen LogP contribution >= 0.6 is 0 Å². The van der Waals surface area contributed by atoms with Crippen LogP contribution in [0.25, 0.3) is 0 Å². The molecule has 84 valence electrons. The normalized spacial score (nSPS) is 16.3. The number of hydrogen-bond acceptors (Lipinski definition) is 2. The average molecular weight is 208 g/mol. The molecular weight excluding hydrogens is 188 g/mol. The first-order valence-electron chi connectivity index (χ1n) is 5.89. The van der Waals surface area contributed by atoms with Gasteiger partial charge < -0.3 is 5.11 Å². The summed E-state index contributed by atoms with van der Waals surface area (Å²) in [7, 11) is 0. The highest BCUT2D eigenvalue weighted by Gasteiger charge is 2.29. The van der Waals surface area contributed by atoms with Gasteiger partial charge in [0, 0.05) is 18.2 Å². The van der Waals surface area contributed by atoms with E-state index in [0.717, 1.165) is 12.8 Å². The predicted octanol–water partition coefficient (Wildman–Crippen LogP) is 2.02. The number of aromatic amines is 1. The molecule has 0 amide bonds. The van der Waals surface area contributed by atoms with Crippen LogP contribution in [0.3, 0.4) is 0 Å². The molecule has 1 saturated carbocycles. The molecule has 3 nitrogen and oxygen atoms in total. The van der Waals surface area contributed by atoms with Crippen LogP contribution in [-0.4, -0.2) is 21.9 Å². The summed E-state index contributed by atoms with van der Waals surface area (Å²) in [5.41, 5.74) is 3.74. The first-order chi connectivity index (χ1) is 7.22. The quantitative estimate of drug-likeness (QED) is 0.777. The Morgan fingerprint density at radius 2 is 2.20 bits per heavy atom. The first-order valence-corrected chi connectivity index (χ1v) is 5.89. The second-order valence-electron chi connectivity index (χ2n) is 4.91. The molecule has 1 aliphatic rings. The van der Waals surface area contributed by atoms with Gasteiger partial charge in [0.1, 0.15) is 0 Å². The van der Waals surface area contributed by atoms with Gasteiger partial charge in [0.05, 0.1) is 5.69 Å². The largest absolute Gasteiger partial charge is 0.396 e. The van der Waals surface area contributed by atoms with Crippen molar-refractivity contribution < 1.29 is 5.11 Å². The highest BCUT2D eigenvalue weighted by atomic mass is 16.2. The van der Waals surface area contributed by atoms with Crippen LogP contribution in [0.1, 0.15) is 49.6 Å². The molecule has 0 spiro atoms. The van der Waals surface area contributed by atoms with Crippen molar-refractivity contribution in [3.63, 3.8) is 0 Å². The molecule has 1 aromatic heterocycles. The third-order valence-corrected chi connectivity index (χ3v) is 2.92. The zero-order valence-corrected chi connectivity index (χ0v) is 9.58. The fourth-order valence-electron chi connectivity index (χ4n) is 2.08. The maximum atomic E-state index is 9.08. The summed E-state index contributed by atoms with van der Waals surface area (Å²) in [6.45, 7) is 4.64. The van der Waals surface area contributed by atoms with Gasteiger partial charge in [0.2, 0.25) is 0 Å². The molecule has 0 unspecified atom stereocenters. The van der Waals surface area contributed by atoms with Crippen molar-refractivity contribution >= 4 is 0 Å². The van der Waals surface area contributed by atoms with Crippen LogP contribution in [-0.2, 0) is 12.8 Å². The minimum Gasteiger partial charge on any atom is -0.396 e. The molecule has 1 aliphatic carbocycles. The topological polar surface area (TPSA) is 48.9 Å². The van der Waals surface area contributed by atoms with Crippen LogP contribution in [0, 0.1) is 5.92 Å². The molecule has 1 heterocycles. The van der Waals surface area contributed by atoms with E-state index in [0.29, 0.717) is 11.8 Å². The Labute approximate surface area is 90.9 Å². The third kappa shape index (κ3) is 2.40. The van der Waals surface area contributed by atoms with E-state index in [1.165, 1.54) is 29.8 Å². The first kappa shape index (κ1) is 10.7. The summed E-state index contributed by atoms with van der Waals surface area (Å²) in [5, 5.41) is 16.6. The van der Waals surface area contributed by atoms with Crippen molar-refractivity contribution in [3.05, 3.63) is 17.0 Å². The van der Waals surface area contributed by atoms with Gasteiger partial charge in [-0.25, -0.2) is 0 Å². The molecular formula is C12H20N2O. The molecule has 0 saturated heterocycles. The zero-order chi connectivity index (χ0) is 10.8. The molecule has 0 aliphatic heterocycles. The zero-order valence-electron chi connectivity index (χ0n) is 9.58. The lowest BCUT2D eigenvalue weighted by Gasteiger charge is -2.06. The van der Waals surface area contributed by atoms with Crippen LogP contribution < -0.4 is 0 Å². The van der Waals surface area contributed by atoms with Crippen LogP contribution in [0.2, 0.25) is 0 Å². The predicted molar refractivity (Wildman–Crippen MR) is 59.9 cm³/mol. The number of nitrogens with zero attached hydrogens (tertiary/aromatic N) is 1. The van der Waals surface area contributed by atoms with Crippen LogP contribution in [0.5, 0.6) is 0 Å². The lowest BCUT2D eigenvalue weighted by molar-refractivity contribution is 0.299. The van der Waals surface area contributed by atoms with E-state index in [2.05, 4.69) is 24.0 Å². The van der Waals surface area contributed by atoms with Crippen molar-refractivity contribution in [1.29, 1.82) is 0 Å². The Kier molecular flexibility index (Phi) is 3.10. The van der Waals surface area contributed by atoms with E-state index in [4.69, 9.17) is 5.11 Å². The third-order valence-electron chi connectivity index (χ3n) is 2.92. The molecule has 1 fully saturated rings. The standard InChI is InChI=1S/C12H20N2O/c1-8(2)7-11-10(5-6-15)12(14-13-11)9-3-4-9/h8-9,15H,3-7H2,1-2H3,(H,13,14). The van der Waals surface area contributed by atoms with E-state index in [1.54, 1.807) is 0 Å². The Morgan fingerprint density at radius 1 is 1.47 bits per heavy atom. The summed E-state index contributed by atoms with van der Waals surface area (Å²) < 4.78 is 0. The van der Waals surface area contributed by atoms with E-state index >= 15 is 0 Å². The lowest BCUT2D eigenvalue weighted by Crippen LogP contribution is -2.01. The van der Waals surface area contributed by atoms with Gasteiger partial charge in [-0.05, 0) is 37.2 Å². The molecule has 1 aromatic rings. The van der Waals surface area contributed by atoms with E-state index in [1.807, 2.05) is 0 Å². The number of H-pyrrole nitrogens is 1. The number of aromatic nitrogens is 2. The second-order valence-corrected chi connectivity index (χ2v) is 4.91. The molecule has 15 heavy (non-hydrogen) atoms. The number of aliphatic hydroxyl groups excluding tert-OH is 1. The Bertz CT molecular complexity index is 326. The van der Waals surface area contributed by atoms with Crippen LogP contribution in [0.15, 0.2) is 0 Å². The molecule has 3 heteroatoms. The second kappa shape index (κ2) is 4.35. The molecule has 2 rings (SSSR count). The maximum absolute atomic E-state index is 9.08. The monoisotopic (exact) mass is 208 g/mol. The number of hydrogen-bond donors (Lipinski definition) is 2. The number of aliphatic hydroxyl groups is 1. The summed E-state index contributed by atoms with van der Waals surface area (Å²) >= 11 is 0. The van der Waals surface area contributed by atoms with Gasteiger partial charge >= 0.3 is 0 Å². The summed E-state index contributed by atoms with van der Waals surface area (Å²) in [6.07, 6.45) is 4.33. The van der Waals surface area contributed by atoms with Gasteiger partial charge in [-0.1, -0.05) is 13.8 Å². The van der Waals surface area contributed by atoms with Gasteiger partial charge in [-0.2, -0.15) is 5.10 Å². The summed E-state index contributed by atoms with van der Waals surface area (Å²) in [6, 6.07) is 0. The van der Waals surface area contributed by atoms with Gasteiger partial charge in [0.25, 0.3) is 0 Å². The smallest absolute Gasteiger partial charge is 0.0688 e. The van der Waals surface area contributed by atoms with E-state index in [-0.39, 0.29) is 6.61 Å². The minimum atomic E-state index is 0.227. The van der Waals surface area contributed by atoms with Gasteiger partial charge in [-0.3, -0.25) is 5.10 Å². The van der Waals surface area contributed by atoms with E-state index < -0.39 is 0 Å². The highest BCUT2D eigenvalue weighted by Crippen LogP contribution is 2.41. The Hall–Kier alpha value is -0.830. The lowest BCUT2D eigenvalue weighted by atomic mass is 10.0. The van der Waals surface area contributed by atoms with E-state index in [9.17, 15) is 0 Å². The van der Waals surface area contributed by atoms with Crippen molar-refractivity contribution in [2.75, 3.05) is 6.61 Å². The maximum Gasteiger partial charge on any atom is 0.0688 e. The summed E-state index contributed by atoms with van der Waals surface area (Å²) in [5.74, 6) is 1.30. The van der Waals surface area contributed by atoms with Crippen LogP contribution in [0.4, 0.5) is 0 Å². The van der Waals surface area contributed by atoms with Crippen molar-refractivity contribution in [1.82, 2.24) is 10.2 Å². The fourth-order valence-corrected chi connectivity index (χ4v) is 2.08. The fraction of sp³-hybridized carbons (Fsp3) is 0.750. The molecule has 0 radical (unpaired) electrons. The van der Waals surface area contributed by atoms with Gasteiger partial charge in [0.15, 0.2) is 0 Å². The summed E-state index contributed by atoms with van der Waals surface area (Å²) in [4.78, 5) is 0. The number of rotatable bonds is 5. The average Bonchev–Trinajstić information content (AvgIpc) is 2.93. The Morgan fingerprint density at radius 3 is 2.73 bits per heavy atom. The SMILES string of the molecule is CC(C)Cc1[nH]nc(C2CC2)c1CCO. The number of nitrogens with one attached hydrogen (secondary N) is 1. The van der Waals surface area contributed by atoms with Gasteiger partial charge in [-0.15, -0.1) is 0 Å². The minimum absolute atomic E-state index is 0.227. The van der Waals surface area contributed by atoms with Crippen molar-refractivity contribution in [2.45, 2.75) is 45.4 Å². The Balaban J connectivity index is 2.20. The molecule has 0 bridgehead atoms.